The Morgan fingerprint density at radius 1 is 1.11 bits per heavy atom. The van der Waals surface area contributed by atoms with E-state index in [1.165, 1.54) is 24.5 Å². The molecule has 1 aromatic carbocycles. The molecule has 0 aromatic heterocycles. The number of methoxy groups -OCH3 is 1. The number of benzene rings is 1. The zero-order chi connectivity index (χ0) is 19.3. The van der Waals surface area contributed by atoms with Crippen molar-refractivity contribution in [2.75, 3.05) is 7.11 Å². The maximum atomic E-state index is 12.1. The van der Waals surface area contributed by atoms with Gasteiger partial charge in [0, 0.05) is 12.3 Å². The van der Waals surface area contributed by atoms with E-state index in [0.29, 0.717) is 29.1 Å². The number of esters is 1. The van der Waals surface area contributed by atoms with Crippen LogP contribution in [0.2, 0.25) is 0 Å². The van der Waals surface area contributed by atoms with Crippen molar-refractivity contribution < 1.29 is 19.1 Å². The van der Waals surface area contributed by atoms with Crippen molar-refractivity contribution in [1.82, 2.24) is 0 Å². The minimum absolute atomic E-state index is 0.0611. The van der Waals surface area contributed by atoms with Gasteiger partial charge in [-0.1, -0.05) is 6.92 Å². The fraction of sp³-hybridized carbons (Fsp3) is 0.652. The van der Waals surface area contributed by atoms with Gasteiger partial charge in [0.1, 0.15) is 11.9 Å². The lowest BCUT2D eigenvalue weighted by Gasteiger charge is -2.50. The van der Waals surface area contributed by atoms with Crippen LogP contribution in [0.4, 0.5) is 0 Å². The summed E-state index contributed by atoms with van der Waals surface area (Å²) >= 11 is 0. The first-order valence-electron chi connectivity index (χ1n) is 10.2. The number of aryl methyl sites for hydroxylation is 1. The van der Waals surface area contributed by atoms with Crippen molar-refractivity contribution in [2.24, 2.45) is 17.3 Å². The van der Waals surface area contributed by atoms with Crippen molar-refractivity contribution >= 4 is 11.8 Å². The molecule has 0 N–H and O–H groups in total. The highest BCUT2D eigenvalue weighted by Crippen LogP contribution is 2.61. The van der Waals surface area contributed by atoms with E-state index >= 15 is 0 Å². The third-order valence-electron chi connectivity index (χ3n) is 7.65. The van der Waals surface area contributed by atoms with Crippen LogP contribution < -0.4 is 4.74 Å². The summed E-state index contributed by atoms with van der Waals surface area (Å²) in [6, 6.07) is 4.20. The van der Waals surface area contributed by atoms with Crippen LogP contribution in [-0.2, 0) is 16.0 Å². The molecule has 4 nitrogen and oxygen atoms in total. The van der Waals surface area contributed by atoms with Crippen LogP contribution in [0.5, 0.6) is 5.75 Å². The Kier molecular flexibility index (Phi) is 4.56. The molecule has 146 valence electrons. The van der Waals surface area contributed by atoms with E-state index in [0.717, 1.165) is 32.1 Å². The fourth-order valence-corrected chi connectivity index (χ4v) is 6.39. The number of Topliss-reactive ketones (excluding diaryl/α,β-unsaturated/α-hetero) is 1. The third kappa shape index (κ3) is 2.88. The number of hydrogen-bond donors (Lipinski definition) is 0. The Morgan fingerprint density at radius 2 is 1.89 bits per heavy atom. The van der Waals surface area contributed by atoms with Crippen LogP contribution in [0.1, 0.15) is 80.3 Å². The summed E-state index contributed by atoms with van der Waals surface area (Å²) in [6.07, 6.45) is 6.58. The molecule has 3 aliphatic carbocycles. The molecule has 4 heteroatoms. The van der Waals surface area contributed by atoms with Gasteiger partial charge in [0.15, 0.2) is 5.78 Å². The topological polar surface area (TPSA) is 52.6 Å². The SMILES string of the molecule is COc1cc2c(cc1C(C)=O)[C@@H]1CC[C@@]3(C)[C@H](OC(C)=O)CC[C@H]3[C@H]1CC2. The highest BCUT2D eigenvalue weighted by Gasteiger charge is 2.56. The predicted molar refractivity (Wildman–Crippen MR) is 103 cm³/mol. The van der Waals surface area contributed by atoms with E-state index in [9.17, 15) is 9.59 Å². The first-order chi connectivity index (χ1) is 12.8. The summed E-state index contributed by atoms with van der Waals surface area (Å²) < 4.78 is 11.2. The summed E-state index contributed by atoms with van der Waals surface area (Å²) in [5, 5.41) is 0. The van der Waals surface area contributed by atoms with Crippen molar-refractivity contribution in [3.8, 4) is 5.75 Å². The minimum Gasteiger partial charge on any atom is -0.496 e. The number of ketones is 1. The summed E-state index contributed by atoms with van der Waals surface area (Å²) in [6.45, 7) is 5.47. The lowest BCUT2D eigenvalue weighted by atomic mass is 9.55. The molecule has 5 atom stereocenters. The first kappa shape index (κ1) is 18.5. The smallest absolute Gasteiger partial charge is 0.302 e. The molecule has 0 heterocycles. The number of fused-ring (bicyclic) bond motifs is 5. The normalized spacial score (nSPS) is 34.2. The summed E-state index contributed by atoms with van der Waals surface area (Å²) in [7, 11) is 1.64. The number of carbonyl (C=O) groups is 2. The van der Waals surface area contributed by atoms with Gasteiger partial charge in [0.05, 0.1) is 12.7 Å². The molecular weight excluding hydrogens is 340 g/mol. The fourth-order valence-electron chi connectivity index (χ4n) is 6.39. The van der Waals surface area contributed by atoms with E-state index < -0.39 is 0 Å². The molecule has 3 aliphatic rings. The van der Waals surface area contributed by atoms with Crippen LogP contribution >= 0.6 is 0 Å². The Bertz CT molecular complexity index is 783. The van der Waals surface area contributed by atoms with E-state index in [-0.39, 0.29) is 23.3 Å². The molecule has 2 saturated carbocycles. The van der Waals surface area contributed by atoms with Crippen LogP contribution in [0.3, 0.4) is 0 Å². The monoisotopic (exact) mass is 370 g/mol. The van der Waals surface area contributed by atoms with Crippen LogP contribution in [0.25, 0.3) is 0 Å². The number of carbonyl (C=O) groups excluding carboxylic acids is 2. The molecule has 0 bridgehead atoms. The summed E-state index contributed by atoms with van der Waals surface area (Å²) in [5.74, 6) is 2.33. The van der Waals surface area contributed by atoms with E-state index in [2.05, 4.69) is 19.1 Å². The second kappa shape index (κ2) is 6.65. The quantitative estimate of drug-likeness (QED) is 0.572. The lowest BCUT2D eigenvalue weighted by Crippen LogP contribution is -2.45. The maximum absolute atomic E-state index is 12.1. The van der Waals surface area contributed by atoms with E-state index in [1.807, 2.05) is 0 Å². The largest absolute Gasteiger partial charge is 0.496 e. The van der Waals surface area contributed by atoms with Gasteiger partial charge < -0.3 is 9.47 Å². The molecule has 27 heavy (non-hydrogen) atoms. The minimum atomic E-state index is -0.156. The zero-order valence-electron chi connectivity index (χ0n) is 16.8. The predicted octanol–water partition coefficient (Wildman–Crippen LogP) is 4.69. The van der Waals surface area contributed by atoms with Gasteiger partial charge >= 0.3 is 5.97 Å². The summed E-state index contributed by atoms with van der Waals surface area (Å²) in [4.78, 5) is 23.7. The molecule has 0 amide bonds. The van der Waals surface area contributed by atoms with Gasteiger partial charge in [-0.05, 0) is 86.5 Å². The van der Waals surface area contributed by atoms with Crippen molar-refractivity contribution in [2.45, 2.75) is 71.3 Å². The Balaban J connectivity index is 1.67. The van der Waals surface area contributed by atoms with Crippen LogP contribution in [0.15, 0.2) is 12.1 Å². The first-order valence-corrected chi connectivity index (χ1v) is 10.2. The Morgan fingerprint density at radius 3 is 2.56 bits per heavy atom. The Hall–Kier alpha value is -1.84. The van der Waals surface area contributed by atoms with Crippen LogP contribution in [-0.4, -0.2) is 25.0 Å². The standard InChI is InChI=1S/C23H30O4/c1-13(24)18-12-19-15(11-21(18)26-4)5-6-17-16(19)9-10-23(3)20(17)7-8-22(23)27-14(2)25/h11-12,16-17,20,22H,5-10H2,1-4H3/t16-,17+,20+,22-,23-/m1/s1. The van der Waals surface area contributed by atoms with E-state index in [4.69, 9.17) is 9.47 Å². The van der Waals surface area contributed by atoms with Crippen LogP contribution in [0, 0.1) is 17.3 Å². The number of hydrogen-bond acceptors (Lipinski definition) is 4. The molecule has 0 spiro atoms. The average Bonchev–Trinajstić information content (AvgIpc) is 2.96. The van der Waals surface area contributed by atoms with Gasteiger partial charge in [0.2, 0.25) is 0 Å². The third-order valence-corrected chi connectivity index (χ3v) is 7.65. The number of ether oxygens (including phenoxy) is 2. The molecule has 0 aliphatic heterocycles. The van der Waals surface area contributed by atoms with Gasteiger partial charge in [-0.25, -0.2) is 0 Å². The Labute approximate surface area is 161 Å². The molecule has 0 saturated heterocycles. The molecule has 0 unspecified atom stereocenters. The maximum Gasteiger partial charge on any atom is 0.302 e. The molecule has 1 aromatic rings. The van der Waals surface area contributed by atoms with Crippen molar-refractivity contribution in [3.63, 3.8) is 0 Å². The van der Waals surface area contributed by atoms with Crippen molar-refractivity contribution in [1.29, 1.82) is 0 Å². The van der Waals surface area contributed by atoms with Gasteiger partial charge in [0.25, 0.3) is 0 Å². The average molecular weight is 370 g/mol. The molecule has 0 radical (unpaired) electrons. The zero-order valence-corrected chi connectivity index (χ0v) is 16.8. The molecular formula is C23H30O4. The van der Waals surface area contributed by atoms with Gasteiger partial charge in [-0.15, -0.1) is 0 Å². The summed E-state index contributed by atoms with van der Waals surface area (Å²) in [5.41, 5.74) is 3.50. The number of rotatable bonds is 3. The second-order valence-corrected chi connectivity index (χ2v) is 8.94. The molecule has 4 rings (SSSR count). The second-order valence-electron chi connectivity index (χ2n) is 8.94. The van der Waals surface area contributed by atoms with Gasteiger partial charge in [-0.2, -0.15) is 0 Å². The van der Waals surface area contributed by atoms with Gasteiger partial charge in [-0.3, -0.25) is 9.59 Å². The lowest BCUT2D eigenvalue weighted by molar-refractivity contribution is -0.154. The highest BCUT2D eigenvalue weighted by molar-refractivity contribution is 5.97. The highest BCUT2D eigenvalue weighted by atomic mass is 16.5. The van der Waals surface area contributed by atoms with Crippen molar-refractivity contribution in [3.05, 3.63) is 28.8 Å². The van der Waals surface area contributed by atoms with E-state index in [1.54, 1.807) is 14.0 Å². The molecule has 2 fully saturated rings.